The Morgan fingerprint density at radius 1 is 1.05 bits per heavy atom. The number of amides is 4. The minimum Gasteiger partial charge on any atom is -0.493 e. The van der Waals surface area contributed by atoms with Crippen molar-refractivity contribution in [1.29, 1.82) is 0 Å². The highest BCUT2D eigenvalue weighted by molar-refractivity contribution is 9.10. The van der Waals surface area contributed by atoms with Gasteiger partial charge < -0.3 is 18.9 Å². The zero-order valence-electron chi connectivity index (χ0n) is 20.8. The van der Waals surface area contributed by atoms with Gasteiger partial charge in [-0.2, -0.15) is 0 Å². The molecule has 0 aromatic heterocycles. The lowest BCUT2D eigenvalue weighted by Gasteiger charge is -2.26. The Balaban J connectivity index is 1.90. The molecule has 0 spiro atoms. The summed E-state index contributed by atoms with van der Waals surface area (Å²) in [5.74, 6) is 2.66. The van der Waals surface area contributed by atoms with Crippen LogP contribution in [-0.4, -0.2) is 49.7 Å². The van der Waals surface area contributed by atoms with E-state index in [1.807, 2.05) is 13.8 Å². The Hall–Kier alpha value is -3.97. The topological polar surface area (TPSA) is 103 Å². The summed E-state index contributed by atoms with van der Waals surface area (Å²) in [6.07, 6.45) is 7.48. The van der Waals surface area contributed by atoms with E-state index in [-0.39, 0.29) is 18.7 Å². The summed E-state index contributed by atoms with van der Waals surface area (Å²) in [6.45, 7) is 4.75. The molecule has 1 aliphatic heterocycles. The smallest absolute Gasteiger partial charge is 0.331 e. The second-order valence-electron chi connectivity index (χ2n) is 7.80. The average molecular weight is 571 g/mol. The van der Waals surface area contributed by atoms with E-state index in [4.69, 9.17) is 25.4 Å². The second-order valence-corrected chi connectivity index (χ2v) is 8.65. The molecule has 9 nitrogen and oxygen atoms in total. The zero-order valence-corrected chi connectivity index (χ0v) is 22.3. The Labute approximate surface area is 223 Å². The fourth-order valence-electron chi connectivity index (χ4n) is 3.51. The van der Waals surface area contributed by atoms with Crippen molar-refractivity contribution in [2.75, 3.05) is 26.9 Å². The Bertz CT molecular complexity index is 1270. The maximum absolute atomic E-state index is 13.3. The Kier molecular flexibility index (Phi) is 9.57. The number of nitrogens with zero attached hydrogens (tertiary/aromatic N) is 1. The molecule has 3 rings (SSSR count). The summed E-state index contributed by atoms with van der Waals surface area (Å²) in [7, 11) is 1.45. The van der Waals surface area contributed by atoms with E-state index in [2.05, 4.69) is 27.2 Å². The molecule has 1 heterocycles. The highest BCUT2D eigenvalue weighted by atomic mass is 79.9. The number of benzene rings is 2. The van der Waals surface area contributed by atoms with Gasteiger partial charge >= 0.3 is 6.03 Å². The number of halogens is 1. The van der Waals surface area contributed by atoms with Gasteiger partial charge in [0.05, 0.1) is 31.3 Å². The van der Waals surface area contributed by atoms with Gasteiger partial charge in [0.25, 0.3) is 11.8 Å². The summed E-state index contributed by atoms with van der Waals surface area (Å²) >= 11 is 3.40. The predicted octanol–water partition coefficient (Wildman–Crippen LogP) is 4.32. The number of barbiturate groups is 1. The summed E-state index contributed by atoms with van der Waals surface area (Å²) in [5.41, 5.74) is 0.892. The highest BCUT2D eigenvalue weighted by Crippen LogP contribution is 2.37. The summed E-state index contributed by atoms with van der Waals surface area (Å²) in [6, 6.07) is 7.61. The quantitative estimate of drug-likeness (QED) is 0.244. The van der Waals surface area contributed by atoms with Crippen molar-refractivity contribution in [2.45, 2.75) is 26.8 Å². The lowest BCUT2D eigenvalue weighted by atomic mass is 10.1. The standard InChI is InChI=1S/C27H27BrN2O7/c1-5-10-36-21-9-8-17(14-22(21)35-7-3)16-30-26(32)19(25(31)29-27(30)33)12-18-13-20(28)24(37-11-6-2)23(15-18)34-4/h2,8-9,12-15H,5,7,10-11,16H2,1,3-4H3,(H,29,31,33)/b19-12+. The minimum atomic E-state index is -0.812. The number of terminal acetylenes is 1. The zero-order chi connectivity index (χ0) is 26.9. The van der Waals surface area contributed by atoms with Crippen LogP contribution in [0.15, 0.2) is 40.4 Å². The van der Waals surface area contributed by atoms with Crippen molar-refractivity contribution in [3.8, 4) is 35.3 Å². The first-order chi connectivity index (χ1) is 17.8. The van der Waals surface area contributed by atoms with Crippen LogP contribution in [0.4, 0.5) is 4.79 Å². The molecule has 1 fully saturated rings. The van der Waals surface area contributed by atoms with E-state index in [9.17, 15) is 14.4 Å². The van der Waals surface area contributed by atoms with Crippen LogP contribution in [0.2, 0.25) is 0 Å². The molecular weight excluding hydrogens is 544 g/mol. The molecule has 0 bridgehead atoms. The molecule has 2 aromatic carbocycles. The third kappa shape index (κ3) is 6.62. The van der Waals surface area contributed by atoms with Crippen LogP contribution in [0, 0.1) is 12.3 Å². The first kappa shape index (κ1) is 27.6. The van der Waals surface area contributed by atoms with E-state index in [0.29, 0.717) is 51.8 Å². The van der Waals surface area contributed by atoms with Gasteiger partial charge in [-0.15, -0.1) is 6.42 Å². The summed E-state index contributed by atoms with van der Waals surface area (Å²) in [5, 5.41) is 2.23. The van der Waals surface area contributed by atoms with Crippen molar-refractivity contribution in [3.63, 3.8) is 0 Å². The van der Waals surface area contributed by atoms with E-state index in [1.54, 1.807) is 30.3 Å². The van der Waals surface area contributed by atoms with Gasteiger partial charge in [0.15, 0.2) is 23.0 Å². The van der Waals surface area contributed by atoms with E-state index in [0.717, 1.165) is 11.3 Å². The van der Waals surface area contributed by atoms with Gasteiger partial charge in [0, 0.05) is 0 Å². The Morgan fingerprint density at radius 2 is 1.84 bits per heavy atom. The van der Waals surface area contributed by atoms with Crippen LogP contribution in [0.25, 0.3) is 6.08 Å². The Morgan fingerprint density at radius 3 is 2.51 bits per heavy atom. The number of carbonyl (C=O) groups is 3. The van der Waals surface area contributed by atoms with Crippen LogP contribution in [0.3, 0.4) is 0 Å². The van der Waals surface area contributed by atoms with Crippen LogP contribution in [-0.2, 0) is 16.1 Å². The first-order valence-corrected chi connectivity index (χ1v) is 12.3. The highest BCUT2D eigenvalue weighted by Gasteiger charge is 2.36. The predicted molar refractivity (Wildman–Crippen MR) is 140 cm³/mol. The van der Waals surface area contributed by atoms with E-state index >= 15 is 0 Å². The fraction of sp³-hybridized carbons (Fsp3) is 0.296. The normalized spacial score (nSPS) is 14.3. The number of hydrogen-bond donors (Lipinski definition) is 1. The summed E-state index contributed by atoms with van der Waals surface area (Å²) in [4.78, 5) is 39.4. The number of urea groups is 1. The van der Waals surface area contributed by atoms with Crippen LogP contribution in [0.5, 0.6) is 23.0 Å². The third-order valence-corrected chi connectivity index (χ3v) is 5.75. The first-order valence-electron chi connectivity index (χ1n) is 11.5. The van der Waals surface area contributed by atoms with Gasteiger partial charge in [-0.3, -0.25) is 19.8 Å². The largest absolute Gasteiger partial charge is 0.493 e. The van der Waals surface area contributed by atoms with Crippen molar-refractivity contribution in [2.24, 2.45) is 0 Å². The molecule has 0 aliphatic carbocycles. The molecule has 0 unspecified atom stereocenters. The number of imide groups is 2. The molecule has 37 heavy (non-hydrogen) atoms. The lowest BCUT2D eigenvalue weighted by Crippen LogP contribution is -2.53. The van der Waals surface area contributed by atoms with Crippen molar-refractivity contribution >= 4 is 39.9 Å². The number of carbonyl (C=O) groups excluding carboxylic acids is 3. The molecular formula is C27H27BrN2O7. The van der Waals surface area contributed by atoms with Gasteiger partial charge in [-0.05, 0) is 70.7 Å². The number of hydrogen-bond acceptors (Lipinski definition) is 7. The molecule has 1 saturated heterocycles. The molecule has 2 aromatic rings. The molecule has 194 valence electrons. The van der Waals surface area contributed by atoms with Crippen molar-refractivity contribution in [1.82, 2.24) is 10.2 Å². The molecule has 0 saturated carbocycles. The maximum atomic E-state index is 13.3. The summed E-state index contributed by atoms with van der Waals surface area (Å²) < 4.78 is 22.8. The van der Waals surface area contributed by atoms with Gasteiger partial charge in [-0.25, -0.2) is 4.79 Å². The number of nitrogens with one attached hydrogen (secondary N) is 1. The molecule has 1 aliphatic rings. The van der Waals surface area contributed by atoms with E-state index < -0.39 is 17.8 Å². The molecule has 1 N–H and O–H groups in total. The molecule has 0 radical (unpaired) electrons. The molecule has 10 heteroatoms. The monoisotopic (exact) mass is 570 g/mol. The molecule has 0 atom stereocenters. The molecule has 4 amide bonds. The van der Waals surface area contributed by atoms with Crippen LogP contribution < -0.4 is 24.3 Å². The maximum Gasteiger partial charge on any atom is 0.331 e. The number of rotatable bonds is 11. The van der Waals surface area contributed by atoms with Gasteiger partial charge in [0.1, 0.15) is 12.2 Å². The van der Waals surface area contributed by atoms with E-state index in [1.165, 1.54) is 13.2 Å². The fourth-order valence-corrected chi connectivity index (χ4v) is 4.09. The van der Waals surface area contributed by atoms with Crippen molar-refractivity contribution in [3.05, 3.63) is 51.5 Å². The number of methoxy groups -OCH3 is 1. The number of ether oxygens (including phenoxy) is 4. The third-order valence-electron chi connectivity index (χ3n) is 5.16. The second kappa shape index (κ2) is 12.8. The van der Waals surface area contributed by atoms with Gasteiger partial charge in [0.2, 0.25) is 0 Å². The van der Waals surface area contributed by atoms with Gasteiger partial charge in [-0.1, -0.05) is 18.9 Å². The minimum absolute atomic E-state index is 0.0318. The lowest BCUT2D eigenvalue weighted by molar-refractivity contribution is -0.130. The average Bonchev–Trinajstić information content (AvgIpc) is 2.87. The van der Waals surface area contributed by atoms with Crippen LogP contribution >= 0.6 is 15.9 Å². The van der Waals surface area contributed by atoms with Crippen molar-refractivity contribution < 1.29 is 33.3 Å². The SMILES string of the molecule is C#CCOc1c(Br)cc(/C=C2\C(=O)NC(=O)N(Cc3ccc(OCCC)c(OCC)c3)C2=O)cc1OC. The van der Waals surface area contributed by atoms with Crippen LogP contribution in [0.1, 0.15) is 31.4 Å².